The van der Waals surface area contributed by atoms with Crippen molar-refractivity contribution in [2.24, 2.45) is 0 Å². The van der Waals surface area contributed by atoms with E-state index in [9.17, 15) is 4.79 Å². The minimum atomic E-state index is -0.386. The third-order valence-electron chi connectivity index (χ3n) is 8.69. The summed E-state index contributed by atoms with van der Waals surface area (Å²) in [4.78, 5) is 23.6. The zero-order chi connectivity index (χ0) is 27.1. The van der Waals surface area contributed by atoms with Crippen LogP contribution in [-0.4, -0.2) is 48.1 Å². The van der Waals surface area contributed by atoms with E-state index in [1.807, 2.05) is 48.7 Å². The Balaban J connectivity index is 1.16. The highest BCUT2D eigenvalue weighted by Gasteiger charge is 2.47. The molecule has 0 bridgehead atoms. The molecule has 2 aliphatic heterocycles. The van der Waals surface area contributed by atoms with Crippen LogP contribution in [-0.2, 0) is 12.1 Å². The fourth-order valence-corrected chi connectivity index (χ4v) is 7.03. The first-order valence-corrected chi connectivity index (χ1v) is 15.4. The fourth-order valence-electron chi connectivity index (χ4n) is 5.99. The molecule has 1 amide bonds. The average molecular weight is 553 g/mol. The van der Waals surface area contributed by atoms with Crippen LogP contribution in [0.1, 0.15) is 58.5 Å². The van der Waals surface area contributed by atoms with Crippen LogP contribution < -0.4 is 15.4 Å². The molecule has 7 heteroatoms. The number of hydrogen-bond acceptors (Lipinski definition) is 6. The first-order chi connectivity index (χ1) is 19.6. The van der Waals surface area contributed by atoms with Crippen molar-refractivity contribution < 1.29 is 9.53 Å². The first kappa shape index (κ1) is 25.7. The van der Waals surface area contributed by atoms with Crippen molar-refractivity contribution in [3.8, 4) is 16.2 Å². The van der Waals surface area contributed by atoms with Gasteiger partial charge in [0.1, 0.15) is 12.4 Å². The predicted molar refractivity (Wildman–Crippen MR) is 161 cm³/mol. The predicted octanol–water partition coefficient (Wildman–Crippen LogP) is 6.03. The van der Waals surface area contributed by atoms with Gasteiger partial charge in [0.05, 0.1) is 11.1 Å². The smallest absolute Gasteiger partial charge is 0.252 e. The maximum atomic E-state index is 13.7. The molecule has 40 heavy (non-hydrogen) atoms. The quantitative estimate of drug-likeness (QED) is 0.266. The number of aryl methyl sites for hydroxylation is 1. The molecule has 206 valence electrons. The topological polar surface area (TPSA) is 66.5 Å². The summed E-state index contributed by atoms with van der Waals surface area (Å²) >= 11 is 1.87. The second-order valence-electron chi connectivity index (χ2n) is 11.6. The number of fused-ring (bicyclic) bond motifs is 1. The maximum Gasteiger partial charge on any atom is 0.252 e. The fraction of sp³-hybridized carbons (Fsp3) is 0.394. The molecule has 1 unspecified atom stereocenters. The van der Waals surface area contributed by atoms with Crippen molar-refractivity contribution in [3.63, 3.8) is 0 Å². The van der Waals surface area contributed by atoms with E-state index in [1.54, 1.807) is 0 Å². The molecule has 0 radical (unpaired) electrons. The summed E-state index contributed by atoms with van der Waals surface area (Å²) in [5.74, 6) is 0.696. The molecule has 4 heterocycles. The minimum Gasteiger partial charge on any atom is -0.492 e. The molecule has 0 spiro atoms. The minimum absolute atomic E-state index is 0.0475. The largest absolute Gasteiger partial charge is 0.492 e. The Hall–Kier alpha value is -3.26. The number of benzene rings is 2. The van der Waals surface area contributed by atoms with E-state index in [2.05, 4.69) is 45.9 Å². The van der Waals surface area contributed by atoms with E-state index in [-0.39, 0.29) is 11.4 Å². The Morgan fingerprint density at radius 3 is 2.77 bits per heavy atom. The molecule has 3 aliphatic rings. The molecule has 2 aromatic carbocycles. The van der Waals surface area contributed by atoms with Crippen LogP contribution in [0.25, 0.3) is 21.3 Å². The lowest BCUT2D eigenvalue weighted by Crippen LogP contribution is -2.46. The number of nitrogens with zero attached hydrogens (tertiary/aromatic N) is 2. The van der Waals surface area contributed by atoms with Crippen molar-refractivity contribution in [1.82, 2.24) is 20.5 Å². The van der Waals surface area contributed by atoms with Crippen LogP contribution in [0.3, 0.4) is 0 Å². The molecule has 2 aromatic heterocycles. The standard InChI is InChI=1S/C33H36N4O2S/c1-22-6-7-25(39-21-24-10-14-34-24)19-28(22)32(38)36-33(11-12-33)29-17-23(18-30-27(29)5-4-13-35-30)31-9-8-26(40-31)20-37-15-2-3-16-37/h4-9,13,17-19,24,34H,2-3,10-12,14-16,20-21H2,1H3,(H,36,38). The van der Waals surface area contributed by atoms with Gasteiger partial charge in [-0.25, -0.2) is 0 Å². The first-order valence-electron chi connectivity index (χ1n) is 14.6. The molecule has 1 atom stereocenters. The van der Waals surface area contributed by atoms with Crippen LogP contribution >= 0.6 is 11.3 Å². The monoisotopic (exact) mass is 552 g/mol. The van der Waals surface area contributed by atoms with Crippen LogP contribution in [0.4, 0.5) is 0 Å². The van der Waals surface area contributed by atoms with Gasteiger partial charge in [-0.2, -0.15) is 0 Å². The Labute approximate surface area is 239 Å². The summed E-state index contributed by atoms with van der Waals surface area (Å²) in [5, 5.41) is 7.91. The number of pyridine rings is 1. The van der Waals surface area contributed by atoms with Gasteiger partial charge >= 0.3 is 0 Å². The van der Waals surface area contributed by atoms with Crippen molar-refractivity contribution in [2.45, 2.75) is 57.2 Å². The summed E-state index contributed by atoms with van der Waals surface area (Å²) in [6, 6.07) is 19.4. The summed E-state index contributed by atoms with van der Waals surface area (Å²) in [6.45, 7) is 7.10. The van der Waals surface area contributed by atoms with Crippen molar-refractivity contribution >= 4 is 28.1 Å². The molecule has 3 fully saturated rings. The van der Waals surface area contributed by atoms with E-state index in [1.165, 1.54) is 41.2 Å². The van der Waals surface area contributed by atoms with Gasteiger partial charge in [0.2, 0.25) is 0 Å². The number of thiophene rings is 1. The molecule has 2 saturated heterocycles. The van der Waals surface area contributed by atoms with E-state index in [4.69, 9.17) is 9.72 Å². The van der Waals surface area contributed by atoms with E-state index < -0.39 is 0 Å². The third-order valence-corrected chi connectivity index (χ3v) is 9.81. The van der Waals surface area contributed by atoms with Gasteiger partial charge in [0, 0.05) is 39.5 Å². The number of nitrogens with one attached hydrogen (secondary N) is 2. The van der Waals surface area contributed by atoms with E-state index in [0.29, 0.717) is 18.2 Å². The summed E-state index contributed by atoms with van der Waals surface area (Å²) in [5.41, 5.74) is 4.55. The number of aromatic nitrogens is 1. The lowest BCUT2D eigenvalue weighted by atomic mass is 9.95. The normalized spacial score (nSPS) is 19.9. The Kier molecular flexibility index (Phi) is 6.82. The molecule has 7 rings (SSSR count). The lowest BCUT2D eigenvalue weighted by molar-refractivity contribution is 0.0930. The third kappa shape index (κ3) is 5.14. The summed E-state index contributed by atoms with van der Waals surface area (Å²) in [6.07, 6.45) is 7.43. The molecule has 2 N–H and O–H groups in total. The van der Waals surface area contributed by atoms with Gasteiger partial charge in [-0.3, -0.25) is 14.7 Å². The molecule has 4 aromatic rings. The number of carbonyl (C=O) groups excluding carboxylic acids is 1. The number of likely N-dealkylation sites (tertiary alicyclic amines) is 1. The van der Waals surface area contributed by atoms with Gasteiger partial charge in [0.15, 0.2) is 0 Å². The van der Waals surface area contributed by atoms with E-state index >= 15 is 0 Å². The van der Waals surface area contributed by atoms with Crippen LogP contribution in [0.15, 0.2) is 60.8 Å². The van der Waals surface area contributed by atoms with Gasteiger partial charge in [-0.05, 0) is 118 Å². The summed E-state index contributed by atoms with van der Waals surface area (Å²) < 4.78 is 6.00. The highest BCUT2D eigenvalue weighted by molar-refractivity contribution is 7.15. The molecular formula is C33H36N4O2S. The molecular weight excluding hydrogens is 516 g/mol. The van der Waals surface area contributed by atoms with Crippen LogP contribution in [0.2, 0.25) is 0 Å². The van der Waals surface area contributed by atoms with Crippen molar-refractivity contribution in [1.29, 1.82) is 0 Å². The van der Waals surface area contributed by atoms with Gasteiger partial charge in [-0.15, -0.1) is 11.3 Å². The summed E-state index contributed by atoms with van der Waals surface area (Å²) in [7, 11) is 0. The Bertz CT molecular complexity index is 1550. The van der Waals surface area contributed by atoms with Gasteiger partial charge in [-0.1, -0.05) is 12.1 Å². The number of rotatable bonds is 9. The second-order valence-corrected chi connectivity index (χ2v) is 12.8. The van der Waals surface area contributed by atoms with Gasteiger partial charge < -0.3 is 15.4 Å². The lowest BCUT2D eigenvalue weighted by Gasteiger charge is -2.27. The second kappa shape index (κ2) is 10.6. The maximum absolute atomic E-state index is 13.7. The zero-order valence-corrected chi connectivity index (χ0v) is 23.9. The Morgan fingerprint density at radius 2 is 2.00 bits per heavy atom. The number of amides is 1. The van der Waals surface area contributed by atoms with Crippen LogP contribution in [0.5, 0.6) is 5.75 Å². The van der Waals surface area contributed by atoms with Crippen LogP contribution in [0, 0.1) is 6.92 Å². The SMILES string of the molecule is Cc1ccc(OCC2CCN2)cc1C(=O)NC1(c2cc(-c3ccc(CN4CCCC4)s3)cc3ncccc23)CC1. The molecule has 1 aliphatic carbocycles. The average Bonchev–Trinajstić information content (AvgIpc) is 3.30. The number of ether oxygens (including phenoxy) is 1. The van der Waals surface area contributed by atoms with Gasteiger partial charge in [0.25, 0.3) is 5.91 Å². The zero-order valence-electron chi connectivity index (χ0n) is 23.0. The Morgan fingerprint density at radius 1 is 1.15 bits per heavy atom. The van der Waals surface area contributed by atoms with E-state index in [0.717, 1.165) is 60.1 Å². The van der Waals surface area contributed by atoms with Crippen molar-refractivity contribution in [2.75, 3.05) is 26.2 Å². The highest BCUT2D eigenvalue weighted by Crippen LogP contribution is 2.49. The number of carbonyl (C=O) groups is 1. The highest BCUT2D eigenvalue weighted by atomic mass is 32.1. The van der Waals surface area contributed by atoms with Crippen molar-refractivity contribution in [3.05, 3.63) is 82.4 Å². The molecule has 6 nitrogen and oxygen atoms in total. The number of hydrogen-bond donors (Lipinski definition) is 2. The molecule has 1 saturated carbocycles.